The molecule has 2 bridgehead atoms. The number of aliphatic hydroxyl groups is 2. The van der Waals surface area contributed by atoms with Crippen LogP contribution in [0, 0.1) is 24.7 Å². The maximum atomic E-state index is 13.3. The van der Waals surface area contributed by atoms with Crippen molar-refractivity contribution in [3.05, 3.63) is 58.7 Å². The summed E-state index contributed by atoms with van der Waals surface area (Å²) in [6, 6.07) is 10.7. The summed E-state index contributed by atoms with van der Waals surface area (Å²) < 4.78 is 6.51. The van der Waals surface area contributed by atoms with Gasteiger partial charge in [0.25, 0.3) is 5.91 Å². The Morgan fingerprint density at radius 1 is 1.24 bits per heavy atom. The van der Waals surface area contributed by atoms with Gasteiger partial charge in [0.2, 0.25) is 0 Å². The molecule has 5 aliphatic rings. The minimum absolute atomic E-state index is 0.00732. The van der Waals surface area contributed by atoms with E-state index in [2.05, 4.69) is 16.7 Å². The minimum Gasteiger partial charge on any atom is -0.504 e. The van der Waals surface area contributed by atoms with Gasteiger partial charge in [-0.2, -0.15) is 0 Å². The summed E-state index contributed by atoms with van der Waals surface area (Å²) >= 11 is 0. The van der Waals surface area contributed by atoms with Gasteiger partial charge in [-0.1, -0.05) is 24.1 Å². The standard InChI is InChI=1S/C31H34N2O5/c1-18-4-3-5-19(14-18)8-11-26(36)32(2)22-12-13-30(37)24-15-21-9-10-23(34)28-27(21)31(30,29(22)38-28)25(35)17-33(24)16-20-6-7-20/h3-5,9-10,14,20,22,24-25,29,34-35,37H,6-7,12-13,15-17H2,1-2H3/t22-,24-,25-,29-,30+,31-/m0/s1. The van der Waals surface area contributed by atoms with Gasteiger partial charge in [-0.25, -0.2) is 0 Å². The van der Waals surface area contributed by atoms with E-state index in [1.54, 1.807) is 18.0 Å². The molecule has 2 saturated carbocycles. The molecule has 7 nitrogen and oxygen atoms in total. The van der Waals surface area contributed by atoms with Crippen molar-refractivity contribution in [1.29, 1.82) is 0 Å². The first kappa shape index (κ1) is 24.0. The Labute approximate surface area is 223 Å². The molecule has 7 rings (SSSR count). The highest BCUT2D eigenvalue weighted by Crippen LogP contribution is 2.66. The molecule has 2 aliphatic heterocycles. The van der Waals surface area contributed by atoms with Gasteiger partial charge in [-0.05, 0) is 74.3 Å². The zero-order chi connectivity index (χ0) is 26.4. The maximum Gasteiger partial charge on any atom is 0.298 e. The maximum absolute atomic E-state index is 13.3. The first-order valence-electron chi connectivity index (χ1n) is 13.8. The second kappa shape index (κ2) is 8.22. The molecule has 3 fully saturated rings. The number of carbonyl (C=O) groups excluding carboxylic acids is 1. The Balaban J connectivity index is 1.29. The van der Waals surface area contributed by atoms with E-state index >= 15 is 0 Å². The van der Waals surface area contributed by atoms with Crippen LogP contribution in [0.3, 0.4) is 0 Å². The molecule has 3 N–H and O–H groups in total. The van der Waals surface area contributed by atoms with Crippen LogP contribution in [0.15, 0.2) is 36.4 Å². The normalized spacial score (nSPS) is 34.5. The number of likely N-dealkylation sites (N-methyl/N-ethyl adjacent to an activating group) is 1. The Kier molecular flexibility index (Phi) is 5.20. The van der Waals surface area contributed by atoms with Gasteiger partial charge in [0.05, 0.1) is 23.2 Å². The van der Waals surface area contributed by atoms with Crippen LogP contribution >= 0.6 is 0 Å². The summed E-state index contributed by atoms with van der Waals surface area (Å²) in [5, 5.41) is 35.4. The lowest BCUT2D eigenvalue weighted by atomic mass is 9.47. The van der Waals surface area contributed by atoms with E-state index in [1.165, 1.54) is 12.8 Å². The average molecular weight is 515 g/mol. The van der Waals surface area contributed by atoms with Crippen molar-refractivity contribution in [3.8, 4) is 23.3 Å². The minimum atomic E-state index is -1.23. The Hall–Kier alpha value is -3.05. The summed E-state index contributed by atoms with van der Waals surface area (Å²) in [6.45, 7) is 3.30. The van der Waals surface area contributed by atoms with Gasteiger partial charge in [-0.15, -0.1) is 0 Å². The second-order valence-corrected chi connectivity index (χ2v) is 12.1. The SMILES string of the molecule is Cc1cccc(C#CC(=O)N(C)[C@H]2CC[C@@]3(O)[C@@H]4Cc5ccc(O)c6c5[C@@]3([C@@H](O)CN4CC3CC3)[C@H]2O6)c1. The van der Waals surface area contributed by atoms with E-state index < -0.39 is 29.3 Å². The molecule has 198 valence electrons. The molecule has 38 heavy (non-hydrogen) atoms. The van der Waals surface area contributed by atoms with Crippen molar-refractivity contribution in [2.75, 3.05) is 20.1 Å². The highest BCUT2D eigenvalue weighted by Gasteiger charge is 2.76. The average Bonchev–Trinajstić information content (AvgIpc) is 3.62. The van der Waals surface area contributed by atoms with Crippen molar-refractivity contribution in [2.45, 2.75) is 74.3 Å². The topological polar surface area (TPSA) is 93.5 Å². The number of benzene rings is 2. The number of nitrogens with zero attached hydrogens (tertiary/aromatic N) is 2. The fraction of sp³-hybridized carbons (Fsp3) is 0.516. The fourth-order valence-electron chi connectivity index (χ4n) is 8.00. The number of amides is 1. The van der Waals surface area contributed by atoms with E-state index in [0.717, 1.165) is 28.8 Å². The number of phenols is 1. The number of aliphatic hydroxyl groups excluding tert-OH is 1. The number of likely N-dealkylation sites (tertiary alicyclic amines) is 1. The number of β-amino-alcohol motifs (C(OH)–C–C–N with tert-alkyl or cyclic N) is 1. The van der Waals surface area contributed by atoms with Crippen LogP contribution in [0.1, 0.15) is 47.9 Å². The summed E-state index contributed by atoms with van der Waals surface area (Å²) in [4.78, 5) is 17.2. The molecule has 1 spiro atoms. The number of piperidine rings is 1. The van der Waals surface area contributed by atoms with E-state index in [9.17, 15) is 20.1 Å². The molecular weight excluding hydrogens is 480 g/mol. The molecule has 7 heteroatoms. The quantitative estimate of drug-likeness (QED) is 0.544. The van der Waals surface area contributed by atoms with Crippen LogP contribution in [-0.4, -0.2) is 81.1 Å². The Bertz CT molecular complexity index is 1390. The fourth-order valence-corrected chi connectivity index (χ4v) is 8.00. The number of phenolic OH excluding ortho intramolecular Hbond substituents is 1. The van der Waals surface area contributed by atoms with Crippen molar-refractivity contribution >= 4 is 5.91 Å². The van der Waals surface area contributed by atoms with Crippen molar-refractivity contribution in [3.63, 3.8) is 0 Å². The molecule has 0 aromatic heterocycles. The Morgan fingerprint density at radius 2 is 2.05 bits per heavy atom. The van der Waals surface area contributed by atoms with Crippen LogP contribution in [0.5, 0.6) is 11.5 Å². The van der Waals surface area contributed by atoms with Crippen molar-refractivity contribution in [1.82, 2.24) is 9.80 Å². The number of rotatable bonds is 3. The Morgan fingerprint density at radius 3 is 2.82 bits per heavy atom. The van der Waals surface area contributed by atoms with E-state index in [1.807, 2.05) is 37.3 Å². The van der Waals surface area contributed by atoms with Crippen molar-refractivity contribution in [2.24, 2.45) is 5.92 Å². The zero-order valence-electron chi connectivity index (χ0n) is 21.9. The molecule has 2 heterocycles. The lowest BCUT2D eigenvalue weighted by Crippen LogP contribution is -2.82. The van der Waals surface area contributed by atoms with Gasteiger partial charge >= 0.3 is 0 Å². The van der Waals surface area contributed by atoms with Gasteiger partial charge in [0.1, 0.15) is 6.10 Å². The van der Waals surface area contributed by atoms with Gasteiger partial charge < -0.3 is 25.0 Å². The van der Waals surface area contributed by atoms with Crippen LogP contribution in [0.25, 0.3) is 0 Å². The summed E-state index contributed by atoms with van der Waals surface area (Å²) in [6.07, 6.45) is 2.39. The highest BCUT2D eigenvalue weighted by atomic mass is 16.5. The predicted octanol–water partition coefficient (Wildman–Crippen LogP) is 2.11. The van der Waals surface area contributed by atoms with Crippen LogP contribution < -0.4 is 4.74 Å². The van der Waals surface area contributed by atoms with E-state index in [-0.39, 0.29) is 17.7 Å². The number of ether oxygens (including phenoxy) is 1. The first-order valence-corrected chi connectivity index (χ1v) is 13.8. The second-order valence-electron chi connectivity index (χ2n) is 12.1. The molecule has 1 amide bonds. The zero-order valence-corrected chi connectivity index (χ0v) is 21.9. The van der Waals surface area contributed by atoms with Gasteiger partial charge in [0, 0.05) is 43.2 Å². The van der Waals surface area contributed by atoms with Crippen molar-refractivity contribution < 1.29 is 24.9 Å². The van der Waals surface area contributed by atoms with Crippen LogP contribution in [-0.2, 0) is 16.6 Å². The number of hydrogen-bond acceptors (Lipinski definition) is 6. The summed E-state index contributed by atoms with van der Waals surface area (Å²) in [7, 11) is 1.72. The number of hydrogen-bond donors (Lipinski definition) is 3. The molecule has 3 aliphatic carbocycles. The first-order chi connectivity index (χ1) is 18.2. The molecule has 2 aromatic carbocycles. The number of aryl methyl sites for hydroxylation is 1. The molecule has 0 unspecified atom stereocenters. The third-order valence-electron chi connectivity index (χ3n) is 9.90. The lowest BCUT2D eigenvalue weighted by molar-refractivity contribution is -0.236. The summed E-state index contributed by atoms with van der Waals surface area (Å²) in [5.74, 6) is 6.40. The molecule has 2 aromatic rings. The monoisotopic (exact) mass is 514 g/mol. The number of aromatic hydroxyl groups is 1. The number of carbonyl (C=O) groups is 1. The van der Waals surface area contributed by atoms with E-state index in [0.29, 0.717) is 37.5 Å². The largest absolute Gasteiger partial charge is 0.504 e. The third kappa shape index (κ3) is 3.17. The van der Waals surface area contributed by atoms with E-state index in [4.69, 9.17) is 4.74 Å². The third-order valence-corrected chi connectivity index (χ3v) is 9.90. The summed E-state index contributed by atoms with van der Waals surface area (Å²) in [5.41, 5.74) is 1.23. The molecule has 1 saturated heterocycles. The molecule has 6 atom stereocenters. The van der Waals surface area contributed by atoms with Gasteiger partial charge in [0.15, 0.2) is 11.5 Å². The van der Waals surface area contributed by atoms with Gasteiger partial charge in [-0.3, -0.25) is 9.69 Å². The predicted molar refractivity (Wildman–Crippen MR) is 141 cm³/mol. The van der Waals surface area contributed by atoms with Crippen LogP contribution in [0.4, 0.5) is 0 Å². The molecular formula is C31H34N2O5. The smallest absolute Gasteiger partial charge is 0.298 e. The molecule has 0 radical (unpaired) electrons. The van der Waals surface area contributed by atoms with Crippen LogP contribution in [0.2, 0.25) is 0 Å². The lowest BCUT2D eigenvalue weighted by Gasteiger charge is -2.66. The highest BCUT2D eigenvalue weighted by molar-refractivity contribution is 5.94.